The first-order chi connectivity index (χ1) is 8.58. The van der Waals surface area contributed by atoms with Crippen LogP contribution in [0.1, 0.15) is 30.0 Å². The second-order valence-corrected chi connectivity index (χ2v) is 4.58. The van der Waals surface area contributed by atoms with Gasteiger partial charge in [-0.05, 0) is 37.1 Å². The zero-order valence-electron chi connectivity index (χ0n) is 11.5. The fourth-order valence-corrected chi connectivity index (χ4v) is 1.99. The van der Waals surface area contributed by atoms with E-state index in [1.807, 2.05) is 0 Å². The number of amidine groups is 1. The molecule has 0 spiro atoms. The topological polar surface area (TPSA) is 61.8 Å². The zero-order chi connectivity index (χ0) is 13.5. The summed E-state index contributed by atoms with van der Waals surface area (Å²) in [6.45, 7) is 9.07. The molecule has 0 aliphatic heterocycles. The van der Waals surface area contributed by atoms with Crippen molar-refractivity contribution in [2.24, 2.45) is 10.9 Å². The van der Waals surface area contributed by atoms with Crippen molar-refractivity contribution in [3.8, 4) is 0 Å². The van der Waals surface area contributed by atoms with Gasteiger partial charge in [-0.2, -0.15) is 0 Å². The standard InChI is InChI=1S/C14H23N3O/c1-4-17(9-8-14(15)16-18)10-13-11(2)6-5-7-12(13)3/h5-7,18H,4,8-10H2,1-3H3,(H2,15,16). The third-order valence-electron chi connectivity index (χ3n) is 3.29. The number of benzene rings is 1. The van der Waals surface area contributed by atoms with Crippen molar-refractivity contribution in [1.29, 1.82) is 0 Å². The largest absolute Gasteiger partial charge is 0.409 e. The Hall–Kier alpha value is -1.55. The highest BCUT2D eigenvalue weighted by Gasteiger charge is 2.08. The molecule has 0 saturated carbocycles. The zero-order valence-corrected chi connectivity index (χ0v) is 11.5. The van der Waals surface area contributed by atoms with Crippen molar-refractivity contribution in [1.82, 2.24) is 4.90 Å². The summed E-state index contributed by atoms with van der Waals surface area (Å²) in [6, 6.07) is 6.36. The Morgan fingerprint density at radius 1 is 1.33 bits per heavy atom. The van der Waals surface area contributed by atoms with Crippen LogP contribution >= 0.6 is 0 Å². The average molecular weight is 249 g/mol. The Bertz CT molecular complexity index is 395. The molecule has 1 aromatic rings. The van der Waals surface area contributed by atoms with Gasteiger partial charge in [0.25, 0.3) is 0 Å². The molecule has 1 rings (SSSR count). The normalized spacial score (nSPS) is 12.1. The summed E-state index contributed by atoms with van der Waals surface area (Å²) in [5.74, 6) is 0.287. The van der Waals surface area contributed by atoms with Crippen LogP contribution in [-0.2, 0) is 6.54 Å². The fourth-order valence-electron chi connectivity index (χ4n) is 1.99. The number of aryl methyl sites for hydroxylation is 2. The van der Waals surface area contributed by atoms with Crippen molar-refractivity contribution in [3.63, 3.8) is 0 Å². The van der Waals surface area contributed by atoms with E-state index in [0.29, 0.717) is 6.42 Å². The first kappa shape index (κ1) is 14.5. The molecule has 18 heavy (non-hydrogen) atoms. The molecule has 0 amide bonds. The number of nitrogens with two attached hydrogens (primary N) is 1. The number of hydrogen-bond acceptors (Lipinski definition) is 3. The first-order valence-corrected chi connectivity index (χ1v) is 6.32. The molecule has 0 bridgehead atoms. The van der Waals surface area contributed by atoms with Crippen LogP contribution in [0, 0.1) is 13.8 Å². The smallest absolute Gasteiger partial charge is 0.140 e. The van der Waals surface area contributed by atoms with Crippen LogP contribution in [0.5, 0.6) is 0 Å². The minimum absolute atomic E-state index is 0.287. The molecule has 0 aliphatic carbocycles. The van der Waals surface area contributed by atoms with Crippen molar-refractivity contribution >= 4 is 5.84 Å². The molecule has 4 nitrogen and oxygen atoms in total. The van der Waals surface area contributed by atoms with Crippen molar-refractivity contribution < 1.29 is 5.21 Å². The monoisotopic (exact) mass is 249 g/mol. The maximum absolute atomic E-state index is 8.54. The van der Waals surface area contributed by atoms with E-state index in [1.54, 1.807) is 0 Å². The lowest BCUT2D eigenvalue weighted by atomic mass is 10.0. The molecular formula is C14H23N3O. The molecule has 0 saturated heterocycles. The summed E-state index contributed by atoms with van der Waals surface area (Å²) < 4.78 is 0. The van der Waals surface area contributed by atoms with E-state index in [4.69, 9.17) is 10.9 Å². The van der Waals surface area contributed by atoms with Crippen LogP contribution in [0.3, 0.4) is 0 Å². The van der Waals surface area contributed by atoms with E-state index in [-0.39, 0.29) is 5.84 Å². The Labute approximate surface area is 109 Å². The van der Waals surface area contributed by atoms with Crippen LogP contribution in [0.4, 0.5) is 0 Å². The second kappa shape index (κ2) is 7.01. The highest BCUT2D eigenvalue weighted by atomic mass is 16.4. The minimum Gasteiger partial charge on any atom is -0.409 e. The quantitative estimate of drug-likeness (QED) is 0.352. The van der Waals surface area contributed by atoms with Crippen LogP contribution in [0.2, 0.25) is 0 Å². The number of nitrogens with zero attached hydrogens (tertiary/aromatic N) is 2. The van der Waals surface area contributed by atoms with E-state index in [9.17, 15) is 0 Å². The molecule has 0 aliphatic rings. The lowest BCUT2D eigenvalue weighted by Gasteiger charge is -2.22. The van der Waals surface area contributed by atoms with Gasteiger partial charge in [-0.25, -0.2) is 0 Å². The Morgan fingerprint density at radius 3 is 2.44 bits per heavy atom. The van der Waals surface area contributed by atoms with Gasteiger partial charge in [0.1, 0.15) is 5.84 Å². The Morgan fingerprint density at radius 2 is 1.94 bits per heavy atom. The first-order valence-electron chi connectivity index (χ1n) is 6.32. The fraction of sp³-hybridized carbons (Fsp3) is 0.500. The molecule has 0 radical (unpaired) electrons. The van der Waals surface area contributed by atoms with Gasteiger partial charge in [0.05, 0.1) is 0 Å². The van der Waals surface area contributed by atoms with Crippen molar-refractivity contribution in [2.45, 2.75) is 33.7 Å². The molecule has 0 atom stereocenters. The van der Waals surface area contributed by atoms with E-state index in [0.717, 1.165) is 19.6 Å². The summed E-state index contributed by atoms with van der Waals surface area (Å²) in [6.07, 6.45) is 0.593. The molecule has 3 N–H and O–H groups in total. The summed E-state index contributed by atoms with van der Waals surface area (Å²) >= 11 is 0. The molecule has 1 aromatic carbocycles. The minimum atomic E-state index is 0.287. The summed E-state index contributed by atoms with van der Waals surface area (Å²) in [7, 11) is 0. The SMILES string of the molecule is CCN(CC/C(N)=N/O)Cc1c(C)cccc1C. The number of oxime groups is 1. The summed E-state index contributed by atoms with van der Waals surface area (Å²) in [5.41, 5.74) is 9.51. The molecule has 0 heterocycles. The summed E-state index contributed by atoms with van der Waals surface area (Å²) in [5, 5.41) is 11.5. The van der Waals surface area contributed by atoms with Crippen LogP contribution in [0.15, 0.2) is 23.4 Å². The summed E-state index contributed by atoms with van der Waals surface area (Å²) in [4.78, 5) is 2.30. The number of hydrogen-bond donors (Lipinski definition) is 2. The molecule has 100 valence electrons. The number of rotatable bonds is 6. The van der Waals surface area contributed by atoms with Gasteiger partial charge in [0.15, 0.2) is 0 Å². The van der Waals surface area contributed by atoms with E-state index >= 15 is 0 Å². The van der Waals surface area contributed by atoms with Gasteiger partial charge in [-0.15, -0.1) is 0 Å². The maximum atomic E-state index is 8.54. The lowest BCUT2D eigenvalue weighted by molar-refractivity contribution is 0.282. The van der Waals surface area contributed by atoms with Gasteiger partial charge >= 0.3 is 0 Å². The van der Waals surface area contributed by atoms with Gasteiger partial charge in [-0.1, -0.05) is 30.3 Å². The van der Waals surface area contributed by atoms with Crippen LogP contribution in [-0.4, -0.2) is 29.0 Å². The Balaban J connectivity index is 2.68. The van der Waals surface area contributed by atoms with Crippen molar-refractivity contribution in [3.05, 3.63) is 34.9 Å². The van der Waals surface area contributed by atoms with Gasteiger partial charge in [0, 0.05) is 19.5 Å². The van der Waals surface area contributed by atoms with E-state index in [1.165, 1.54) is 16.7 Å². The lowest BCUT2D eigenvalue weighted by Crippen LogP contribution is -2.28. The average Bonchev–Trinajstić information content (AvgIpc) is 2.37. The maximum Gasteiger partial charge on any atom is 0.140 e. The molecule has 0 fully saturated rings. The molecule has 0 unspecified atom stereocenters. The highest BCUT2D eigenvalue weighted by Crippen LogP contribution is 2.15. The Kier molecular flexibility index (Phi) is 5.65. The predicted octanol–water partition coefficient (Wildman–Crippen LogP) is 2.26. The van der Waals surface area contributed by atoms with Crippen LogP contribution < -0.4 is 5.73 Å². The molecular weight excluding hydrogens is 226 g/mol. The van der Waals surface area contributed by atoms with Gasteiger partial charge < -0.3 is 10.9 Å². The third kappa shape index (κ3) is 4.04. The highest BCUT2D eigenvalue weighted by molar-refractivity contribution is 5.79. The van der Waals surface area contributed by atoms with Crippen LogP contribution in [0.25, 0.3) is 0 Å². The van der Waals surface area contributed by atoms with Gasteiger partial charge in [-0.3, -0.25) is 4.90 Å². The second-order valence-electron chi connectivity index (χ2n) is 4.58. The molecule has 4 heteroatoms. The van der Waals surface area contributed by atoms with E-state index < -0.39 is 0 Å². The van der Waals surface area contributed by atoms with Gasteiger partial charge in [0.2, 0.25) is 0 Å². The third-order valence-corrected chi connectivity index (χ3v) is 3.29. The van der Waals surface area contributed by atoms with Crippen molar-refractivity contribution in [2.75, 3.05) is 13.1 Å². The predicted molar refractivity (Wildman–Crippen MR) is 74.9 cm³/mol. The molecule has 0 aromatic heterocycles. The van der Waals surface area contributed by atoms with E-state index in [2.05, 4.69) is 49.0 Å².